The quantitative estimate of drug-likeness (QED) is 0.638. The summed E-state index contributed by atoms with van der Waals surface area (Å²) in [6.07, 6.45) is 5.18. The molecule has 2 atom stereocenters. The van der Waals surface area contributed by atoms with Crippen molar-refractivity contribution in [2.45, 2.75) is 57.6 Å². The standard InChI is InChI=1S/C23H30FN5O2/c1-3-11-25-21-20(24)22(27-14-26-21)29-12-10-19(13-29)31-18-8-4-16(5-9-18)15(2)23(30)28-17-6-7-17/h4-5,8-9,14-15,17,19H,3,6-7,10-13H2,1-2H3,(H,28,30)(H,25,26,27)/t15?,19-/m1/s1. The summed E-state index contributed by atoms with van der Waals surface area (Å²) in [5.74, 6) is 0.769. The molecule has 4 rings (SSSR count). The maximum atomic E-state index is 14.8. The number of amides is 1. The van der Waals surface area contributed by atoms with Gasteiger partial charge in [-0.15, -0.1) is 0 Å². The Labute approximate surface area is 182 Å². The number of nitrogens with zero attached hydrogens (tertiary/aromatic N) is 3. The number of halogens is 1. The summed E-state index contributed by atoms with van der Waals surface area (Å²) >= 11 is 0. The summed E-state index contributed by atoms with van der Waals surface area (Å²) in [7, 11) is 0. The minimum atomic E-state index is -0.417. The van der Waals surface area contributed by atoms with Gasteiger partial charge >= 0.3 is 0 Å². The van der Waals surface area contributed by atoms with Gasteiger partial charge in [-0.25, -0.2) is 9.97 Å². The van der Waals surface area contributed by atoms with Gasteiger partial charge < -0.3 is 20.3 Å². The van der Waals surface area contributed by atoms with Gasteiger partial charge in [0.2, 0.25) is 11.7 Å². The number of benzene rings is 1. The van der Waals surface area contributed by atoms with Crippen LogP contribution in [0.2, 0.25) is 0 Å². The zero-order chi connectivity index (χ0) is 21.8. The summed E-state index contributed by atoms with van der Waals surface area (Å²) in [4.78, 5) is 22.3. The molecule has 2 aliphatic rings. The fraction of sp³-hybridized carbons (Fsp3) is 0.522. The first-order valence-electron chi connectivity index (χ1n) is 11.1. The Hall–Kier alpha value is -2.90. The Morgan fingerprint density at radius 3 is 2.74 bits per heavy atom. The average molecular weight is 428 g/mol. The summed E-state index contributed by atoms with van der Waals surface area (Å²) in [5.41, 5.74) is 0.966. The van der Waals surface area contributed by atoms with Crippen LogP contribution in [0.15, 0.2) is 30.6 Å². The topological polar surface area (TPSA) is 79.4 Å². The highest BCUT2D eigenvalue weighted by molar-refractivity contribution is 5.83. The molecule has 2 N–H and O–H groups in total. The summed E-state index contributed by atoms with van der Waals surface area (Å²) in [6, 6.07) is 8.04. The molecule has 2 aromatic rings. The van der Waals surface area contributed by atoms with Crippen LogP contribution in [0, 0.1) is 5.82 Å². The predicted molar refractivity (Wildman–Crippen MR) is 118 cm³/mol. The fourth-order valence-corrected chi connectivity index (χ4v) is 3.70. The number of anilines is 2. The van der Waals surface area contributed by atoms with Gasteiger partial charge in [0.05, 0.1) is 12.5 Å². The number of hydrogen-bond donors (Lipinski definition) is 2. The molecule has 166 valence electrons. The van der Waals surface area contributed by atoms with Crippen LogP contribution in [-0.2, 0) is 4.79 Å². The van der Waals surface area contributed by atoms with Gasteiger partial charge in [-0.1, -0.05) is 19.1 Å². The van der Waals surface area contributed by atoms with Crippen molar-refractivity contribution in [1.82, 2.24) is 15.3 Å². The van der Waals surface area contributed by atoms with Crippen LogP contribution in [0.25, 0.3) is 0 Å². The molecule has 0 spiro atoms. The molecule has 1 saturated heterocycles. The van der Waals surface area contributed by atoms with Crippen molar-refractivity contribution in [3.63, 3.8) is 0 Å². The lowest BCUT2D eigenvalue weighted by molar-refractivity contribution is -0.122. The van der Waals surface area contributed by atoms with E-state index in [9.17, 15) is 9.18 Å². The van der Waals surface area contributed by atoms with Gasteiger partial charge in [-0.05, 0) is 43.9 Å². The Morgan fingerprint density at radius 2 is 2.03 bits per heavy atom. The van der Waals surface area contributed by atoms with Gasteiger partial charge in [0.15, 0.2) is 11.6 Å². The number of ether oxygens (including phenoxy) is 1. The third-order valence-corrected chi connectivity index (χ3v) is 5.76. The Balaban J connectivity index is 1.33. The first-order chi connectivity index (χ1) is 15.0. The zero-order valence-corrected chi connectivity index (χ0v) is 18.1. The number of aromatic nitrogens is 2. The lowest BCUT2D eigenvalue weighted by Gasteiger charge is -2.19. The number of hydrogen-bond acceptors (Lipinski definition) is 6. The second-order valence-corrected chi connectivity index (χ2v) is 8.33. The molecule has 31 heavy (non-hydrogen) atoms. The third-order valence-electron chi connectivity index (χ3n) is 5.76. The molecular weight excluding hydrogens is 397 g/mol. The van der Waals surface area contributed by atoms with E-state index in [2.05, 4.69) is 20.6 Å². The molecule has 0 radical (unpaired) electrons. The minimum Gasteiger partial charge on any atom is -0.489 e. The number of carbonyl (C=O) groups is 1. The molecule has 1 saturated carbocycles. The van der Waals surface area contributed by atoms with E-state index in [1.165, 1.54) is 6.33 Å². The third kappa shape index (κ3) is 5.24. The number of nitrogens with one attached hydrogen (secondary N) is 2. The smallest absolute Gasteiger partial charge is 0.227 e. The maximum absolute atomic E-state index is 14.8. The molecule has 7 nitrogen and oxygen atoms in total. The maximum Gasteiger partial charge on any atom is 0.227 e. The van der Waals surface area contributed by atoms with Gasteiger partial charge in [0, 0.05) is 25.6 Å². The van der Waals surface area contributed by atoms with Gasteiger partial charge in [-0.3, -0.25) is 4.79 Å². The predicted octanol–water partition coefficient (Wildman–Crippen LogP) is 3.48. The highest BCUT2D eigenvalue weighted by Gasteiger charge is 2.29. The molecule has 0 bridgehead atoms. The van der Waals surface area contributed by atoms with Crippen molar-refractivity contribution < 1.29 is 13.9 Å². The Bertz CT molecular complexity index is 903. The molecule has 1 aliphatic carbocycles. The molecule has 1 amide bonds. The molecule has 1 aromatic carbocycles. The van der Waals surface area contributed by atoms with E-state index in [-0.39, 0.29) is 23.7 Å². The van der Waals surface area contributed by atoms with E-state index in [1.807, 2.05) is 43.0 Å². The van der Waals surface area contributed by atoms with E-state index >= 15 is 0 Å². The highest BCUT2D eigenvalue weighted by Crippen LogP contribution is 2.28. The first kappa shape index (κ1) is 21.3. The molecule has 2 heterocycles. The van der Waals surface area contributed by atoms with Crippen LogP contribution in [0.5, 0.6) is 5.75 Å². The van der Waals surface area contributed by atoms with Crippen molar-refractivity contribution in [2.75, 3.05) is 29.9 Å². The number of carbonyl (C=O) groups excluding carboxylic acids is 1. The van der Waals surface area contributed by atoms with Crippen molar-refractivity contribution in [2.24, 2.45) is 0 Å². The van der Waals surface area contributed by atoms with Crippen LogP contribution < -0.4 is 20.3 Å². The lowest BCUT2D eigenvalue weighted by Crippen LogP contribution is -2.29. The average Bonchev–Trinajstić information content (AvgIpc) is 3.48. The van der Waals surface area contributed by atoms with Crippen LogP contribution in [0.4, 0.5) is 16.0 Å². The number of rotatable bonds is 9. The van der Waals surface area contributed by atoms with Crippen LogP contribution >= 0.6 is 0 Å². The molecule has 1 unspecified atom stereocenters. The van der Waals surface area contributed by atoms with E-state index in [1.54, 1.807) is 0 Å². The fourth-order valence-electron chi connectivity index (χ4n) is 3.70. The van der Waals surface area contributed by atoms with Crippen molar-refractivity contribution in [1.29, 1.82) is 0 Å². The van der Waals surface area contributed by atoms with Crippen molar-refractivity contribution >= 4 is 17.5 Å². The van der Waals surface area contributed by atoms with Gasteiger partial charge in [0.25, 0.3) is 0 Å². The van der Waals surface area contributed by atoms with Gasteiger partial charge in [0.1, 0.15) is 18.2 Å². The molecule has 2 fully saturated rings. The van der Waals surface area contributed by atoms with E-state index < -0.39 is 5.82 Å². The molecule has 1 aliphatic heterocycles. The minimum absolute atomic E-state index is 0.0529. The summed E-state index contributed by atoms with van der Waals surface area (Å²) in [6.45, 7) is 5.83. The van der Waals surface area contributed by atoms with Crippen LogP contribution in [0.3, 0.4) is 0 Å². The Kier molecular flexibility index (Phi) is 6.53. The zero-order valence-electron chi connectivity index (χ0n) is 18.1. The monoisotopic (exact) mass is 427 g/mol. The second kappa shape index (κ2) is 9.49. The summed E-state index contributed by atoms with van der Waals surface area (Å²) in [5, 5.41) is 6.05. The highest BCUT2D eigenvalue weighted by atomic mass is 19.1. The SMILES string of the molecule is CCCNc1ncnc(N2CC[C@@H](Oc3ccc(C(C)C(=O)NC4CC4)cc3)C2)c1F. The van der Waals surface area contributed by atoms with Crippen LogP contribution in [0.1, 0.15) is 51.0 Å². The Morgan fingerprint density at radius 1 is 1.26 bits per heavy atom. The largest absolute Gasteiger partial charge is 0.489 e. The normalized spacial score (nSPS) is 19.2. The first-order valence-corrected chi connectivity index (χ1v) is 11.1. The molecule has 8 heteroatoms. The molecule has 1 aromatic heterocycles. The van der Waals surface area contributed by atoms with E-state index in [0.29, 0.717) is 31.5 Å². The van der Waals surface area contributed by atoms with Crippen molar-refractivity contribution in [3.8, 4) is 5.75 Å². The van der Waals surface area contributed by atoms with Crippen molar-refractivity contribution in [3.05, 3.63) is 42.0 Å². The lowest BCUT2D eigenvalue weighted by atomic mass is 10.0. The van der Waals surface area contributed by atoms with E-state index in [4.69, 9.17) is 4.74 Å². The second-order valence-electron chi connectivity index (χ2n) is 8.33. The molecular formula is C23H30FN5O2. The van der Waals surface area contributed by atoms with Gasteiger partial charge in [-0.2, -0.15) is 4.39 Å². The van der Waals surface area contributed by atoms with E-state index in [0.717, 1.165) is 37.0 Å². The van der Waals surface area contributed by atoms with Crippen LogP contribution in [-0.4, -0.2) is 47.7 Å². The summed E-state index contributed by atoms with van der Waals surface area (Å²) < 4.78 is 20.9.